The zero-order valence-electron chi connectivity index (χ0n) is 16.4. The molecule has 0 spiro atoms. The first-order chi connectivity index (χ1) is 15.2. The Bertz CT molecular complexity index is 1130. The molecule has 2 aliphatic heterocycles. The van der Waals surface area contributed by atoms with E-state index in [1.807, 2.05) is 42.6 Å². The Morgan fingerprint density at radius 3 is 2.81 bits per heavy atom. The number of carbonyl (C=O) groups is 1. The van der Waals surface area contributed by atoms with Crippen LogP contribution in [0.3, 0.4) is 0 Å². The summed E-state index contributed by atoms with van der Waals surface area (Å²) < 4.78 is 19.1. The normalized spacial score (nSPS) is 24.4. The molecule has 3 aromatic rings. The second kappa shape index (κ2) is 8.18. The summed E-state index contributed by atoms with van der Waals surface area (Å²) in [6.45, 7) is 0.621. The number of hydrogen-bond donors (Lipinski definition) is 1. The van der Waals surface area contributed by atoms with Crippen molar-refractivity contribution < 1.29 is 19.0 Å². The molecule has 2 saturated heterocycles. The number of carbonyl (C=O) groups excluding carboxylic acids is 1. The van der Waals surface area contributed by atoms with Crippen LogP contribution in [0.15, 0.2) is 60.8 Å². The number of amides is 1. The minimum atomic E-state index is -0.622. The maximum atomic E-state index is 12.3. The van der Waals surface area contributed by atoms with Crippen LogP contribution in [0.25, 0.3) is 11.3 Å². The lowest BCUT2D eigenvalue weighted by molar-refractivity contribution is 0.00771. The van der Waals surface area contributed by atoms with Gasteiger partial charge in [-0.2, -0.15) is 5.26 Å². The maximum Gasteiger partial charge on any atom is 0.412 e. The summed E-state index contributed by atoms with van der Waals surface area (Å²) in [5.41, 5.74) is 2.69. The highest BCUT2D eigenvalue weighted by Crippen LogP contribution is 2.35. The summed E-state index contributed by atoms with van der Waals surface area (Å²) in [5.74, 6) is 0. The van der Waals surface area contributed by atoms with Gasteiger partial charge in [0.2, 0.25) is 0 Å². The van der Waals surface area contributed by atoms with Gasteiger partial charge in [-0.15, -0.1) is 5.10 Å². The molecular weight excluding hydrogens is 398 g/mol. The molecule has 9 nitrogen and oxygen atoms in total. The van der Waals surface area contributed by atoms with E-state index in [-0.39, 0.29) is 24.9 Å². The lowest BCUT2D eigenvalue weighted by Gasteiger charge is -2.17. The van der Waals surface area contributed by atoms with Crippen LogP contribution >= 0.6 is 0 Å². The zero-order valence-corrected chi connectivity index (χ0v) is 16.4. The van der Waals surface area contributed by atoms with Crippen LogP contribution < -0.4 is 5.32 Å². The van der Waals surface area contributed by atoms with Gasteiger partial charge >= 0.3 is 6.09 Å². The molecule has 9 heteroatoms. The summed E-state index contributed by atoms with van der Waals surface area (Å²) >= 11 is 0. The van der Waals surface area contributed by atoms with Crippen molar-refractivity contribution in [3.63, 3.8) is 0 Å². The number of anilines is 1. The van der Waals surface area contributed by atoms with Gasteiger partial charge in [0, 0.05) is 11.3 Å². The van der Waals surface area contributed by atoms with Crippen LogP contribution in [0.5, 0.6) is 0 Å². The first-order valence-electron chi connectivity index (χ1n) is 9.89. The topological polar surface area (TPSA) is 111 Å². The Morgan fingerprint density at radius 1 is 1.13 bits per heavy atom. The molecule has 0 bridgehead atoms. The minimum absolute atomic E-state index is 0.154. The second-order valence-corrected chi connectivity index (χ2v) is 7.37. The van der Waals surface area contributed by atoms with Crippen molar-refractivity contribution in [3.05, 3.63) is 66.4 Å². The molecule has 3 heterocycles. The number of rotatable bonds is 4. The quantitative estimate of drug-likeness (QED) is 0.695. The van der Waals surface area contributed by atoms with E-state index in [0.717, 1.165) is 11.3 Å². The maximum absolute atomic E-state index is 12.3. The first-order valence-corrected chi connectivity index (χ1v) is 9.89. The van der Waals surface area contributed by atoms with E-state index in [9.17, 15) is 4.79 Å². The van der Waals surface area contributed by atoms with Crippen LogP contribution in [-0.2, 0) is 14.2 Å². The third kappa shape index (κ3) is 3.86. The van der Waals surface area contributed by atoms with Gasteiger partial charge in [-0.25, -0.2) is 9.48 Å². The monoisotopic (exact) mass is 417 g/mol. The number of hydrogen-bond acceptors (Lipinski definition) is 7. The van der Waals surface area contributed by atoms with Crippen LogP contribution in [0, 0.1) is 11.3 Å². The molecule has 2 aliphatic rings. The van der Waals surface area contributed by atoms with Crippen LogP contribution in [-0.4, -0.2) is 52.6 Å². The number of benzene rings is 2. The Hall–Kier alpha value is -3.74. The van der Waals surface area contributed by atoms with Crippen molar-refractivity contribution in [2.75, 3.05) is 18.5 Å². The van der Waals surface area contributed by atoms with Gasteiger partial charge in [-0.1, -0.05) is 41.6 Å². The highest BCUT2D eigenvalue weighted by Gasteiger charge is 2.50. The summed E-state index contributed by atoms with van der Waals surface area (Å²) in [5, 5.41) is 20.1. The third-order valence-electron chi connectivity index (χ3n) is 5.40. The van der Waals surface area contributed by atoms with Gasteiger partial charge in [0.1, 0.15) is 23.9 Å². The van der Waals surface area contributed by atoms with Crippen molar-refractivity contribution in [2.45, 2.75) is 24.4 Å². The van der Waals surface area contributed by atoms with E-state index in [4.69, 9.17) is 19.5 Å². The highest BCUT2D eigenvalue weighted by molar-refractivity contribution is 5.85. The lowest BCUT2D eigenvalue weighted by atomic mass is 10.1. The predicted molar refractivity (Wildman–Crippen MR) is 109 cm³/mol. The number of aromatic nitrogens is 3. The number of fused-ring (bicyclic) bond motifs is 1. The van der Waals surface area contributed by atoms with E-state index in [1.54, 1.807) is 28.9 Å². The standard InChI is InChI=1S/C22H19N5O4/c23-10-14-5-4-8-16(9-14)24-22(28)31-19-13-30-20-18(12-29-21(19)20)27-11-17(25-26-27)15-6-2-1-3-7-15/h1-9,11,18-21H,12-13H2,(H,24,28)/t18-,19+,20+,21+/m0/s1. The Morgan fingerprint density at radius 2 is 1.97 bits per heavy atom. The predicted octanol–water partition coefficient (Wildman–Crippen LogP) is 2.77. The van der Waals surface area contributed by atoms with Crippen molar-refractivity contribution in [1.82, 2.24) is 15.0 Å². The van der Waals surface area contributed by atoms with Crippen LogP contribution in [0.2, 0.25) is 0 Å². The molecule has 1 amide bonds. The molecule has 1 aromatic heterocycles. The van der Waals surface area contributed by atoms with Gasteiger partial charge in [-0.3, -0.25) is 5.32 Å². The third-order valence-corrected chi connectivity index (χ3v) is 5.40. The van der Waals surface area contributed by atoms with E-state index in [0.29, 0.717) is 17.9 Å². The van der Waals surface area contributed by atoms with E-state index in [1.165, 1.54) is 0 Å². The molecule has 0 unspecified atom stereocenters. The fourth-order valence-corrected chi connectivity index (χ4v) is 3.90. The van der Waals surface area contributed by atoms with Crippen molar-refractivity contribution >= 4 is 11.8 Å². The number of nitrogens with one attached hydrogen (secondary N) is 1. The number of ether oxygens (including phenoxy) is 3. The molecule has 2 fully saturated rings. The smallest absolute Gasteiger partial charge is 0.412 e. The molecule has 0 saturated carbocycles. The molecule has 1 N–H and O–H groups in total. The SMILES string of the molecule is N#Cc1cccc(NC(=O)O[C@@H]2CO[C@H]3[C@@H]2OC[C@@H]3n2cc(-c3ccccc3)nn2)c1. The van der Waals surface area contributed by atoms with E-state index in [2.05, 4.69) is 15.6 Å². The zero-order chi connectivity index (χ0) is 21.2. The molecule has 2 aromatic carbocycles. The fourth-order valence-electron chi connectivity index (χ4n) is 3.90. The summed E-state index contributed by atoms with van der Waals surface area (Å²) in [4.78, 5) is 12.3. The van der Waals surface area contributed by atoms with Crippen LogP contribution in [0.4, 0.5) is 10.5 Å². The lowest BCUT2D eigenvalue weighted by Crippen LogP contribution is -2.34. The van der Waals surface area contributed by atoms with Crippen molar-refractivity contribution in [1.29, 1.82) is 5.26 Å². The van der Waals surface area contributed by atoms with Gasteiger partial charge in [0.05, 0.1) is 31.0 Å². The average molecular weight is 417 g/mol. The molecule has 5 rings (SSSR count). The average Bonchev–Trinajstić information content (AvgIpc) is 3.52. The summed E-state index contributed by atoms with van der Waals surface area (Å²) in [6, 6.07) is 18.3. The van der Waals surface area contributed by atoms with Crippen molar-refractivity contribution in [3.8, 4) is 17.3 Å². The largest absolute Gasteiger partial charge is 0.441 e. The van der Waals surface area contributed by atoms with Gasteiger partial charge < -0.3 is 14.2 Å². The van der Waals surface area contributed by atoms with Gasteiger partial charge in [-0.05, 0) is 18.2 Å². The number of nitrogens with zero attached hydrogens (tertiary/aromatic N) is 4. The number of nitriles is 1. The second-order valence-electron chi connectivity index (χ2n) is 7.37. The van der Waals surface area contributed by atoms with Gasteiger partial charge in [0.15, 0.2) is 6.10 Å². The fraction of sp³-hybridized carbons (Fsp3) is 0.273. The first kappa shape index (κ1) is 19.2. The molecule has 0 radical (unpaired) electrons. The Balaban J connectivity index is 1.22. The highest BCUT2D eigenvalue weighted by atomic mass is 16.6. The molecule has 4 atom stereocenters. The van der Waals surface area contributed by atoms with Gasteiger partial charge in [0.25, 0.3) is 0 Å². The summed E-state index contributed by atoms with van der Waals surface area (Å²) in [6.07, 6.45) is 0.0448. The van der Waals surface area contributed by atoms with Crippen molar-refractivity contribution in [2.24, 2.45) is 0 Å². The summed E-state index contributed by atoms with van der Waals surface area (Å²) in [7, 11) is 0. The Labute approximate surface area is 178 Å². The minimum Gasteiger partial charge on any atom is -0.441 e. The molecular formula is C22H19N5O4. The van der Waals surface area contributed by atoms with E-state index >= 15 is 0 Å². The molecule has 0 aliphatic carbocycles. The molecule has 31 heavy (non-hydrogen) atoms. The van der Waals surface area contributed by atoms with Crippen LogP contribution in [0.1, 0.15) is 11.6 Å². The Kier molecular flexibility index (Phi) is 5.08. The van der Waals surface area contributed by atoms with E-state index < -0.39 is 12.2 Å². The molecule has 156 valence electrons.